The Bertz CT molecular complexity index is 3800. The number of fused-ring (bicyclic) bond motifs is 9. The van der Waals surface area contributed by atoms with Crippen molar-refractivity contribution < 1.29 is 0 Å². The number of hydrogen-bond acceptors (Lipinski definition) is 2. The molecule has 2 bridgehead atoms. The molecule has 0 saturated heterocycles. The maximum absolute atomic E-state index is 2.71. The summed E-state index contributed by atoms with van der Waals surface area (Å²) in [6, 6.07) is 87.6. The molecule has 0 amide bonds. The maximum Gasteiger partial charge on any atom is 0.0714 e. The summed E-state index contributed by atoms with van der Waals surface area (Å²) in [5.41, 5.74) is 17.6. The molecule has 11 aromatic rings. The summed E-state index contributed by atoms with van der Waals surface area (Å²) in [7, 11) is 0. The molecule has 73 heavy (non-hydrogen) atoms. The molecule has 1 heterocycles. The van der Waals surface area contributed by atoms with Crippen molar-refractivity contribution in [2.45, 2.75) is 63.2 Å². The third-order valence-electron chi connectivity index (χ3n) is 17.5. The average molecular weight is 958 g/mol. The van der Waals surface area contributed by atoms with Gasteiger partial charge in [0.2, 0.25) is 0 Å². The molecule has 0 spiro atoms. The molecular formula is C71H59NS. The van der Waals surface area contributed by atoms with Crippen LogP contribution >= 0.6 is 11.3 Å². The lowest BCUT2D eigenvalue weighted by molar-refractivity contribution is 0.0702. The van der Waals surface area contributed by atoms with Crippen molar-refractivity contribution in [1.82, 2.24) is 0 Å². The van der Waals surface area contributed by atoms with Crippen LogP contribution in [-0.2, 0) is 10.8 Å². The highest BCUT2D eigenvalue weighted by Crippen LogP contribution is 2.61. The molecule has 2 fully saturated rings. The van der Waals surface area contributed by atoms with Crippen molar-refractivity contribution in [2.24, 2.45) is 17.8 Å². The van der Waals surface area contributed by atoms with Crippen molar-refractivity contribution >= 4 is 59.3 Å². The Morgan fingerprint density at radius 3 is 1.75 bits per heavy atom. The summed E-state index contributed by atoms with van der Waals surface area (Å²) in [5, 5.41) is 5.14. The molecule has 4 unspecified atom stereocenters. The molecule has 3 aliphatic carbocycles. The van der Waals surface area contributed by atoms with E-state index in [0.29, 0.717) is 0 Å². The lowest BCUT2D eigenvalue weighted by atomic mass is 9.53. The van der Waals surface area contributed by atoms with Crippen LogP contribution in [0.4, 0.5) is 17.1 Å². The van der Waals surface area contributed by atoms with Gasteiger partial charge in [0.15, 0.2) is 0 Å². The first kappa shape index (κ1) is 44.2. The molecule has 0 N–H and O–H groups in total. The summed E-state index contributed by atoms with van der Waals surface area (Å²) in [4.78, 5) is 2.51. The van der Waals surface area contributed by atoms with Crippen molar-refractivity contribution in [3.05, 3.63) is 258 Å². The van der Waals surface area contributed by atoms with Crippen LogP contribution in [0.3, 0.4) is 0 Å². The van der Waals surface area contributed by atoms with E-state index in [9.17, 15) is 0 Å². The zero-order valence-electron chi connectivity index (χ0n) is 41.8. The zero-order valence-corrected chi connectivity index (χ0v) is 42.6. The fourth-order valence-electron chi connectivity index (χ4n) is 14.6. The molecule has 4 atom stereocenters. The van der Waals surface area contributed by atoms with E-state index in [1.165, 1.54) is 125 Å². The molecule has 0 aliphatic heterocycles. The van der Waals surface area contributed by atoms with Crippen LogP contribution in [0.2, 0.25) is 0 Å². The van der Waals surface area contributed by atoms with Gasteiger partial charge in [-0.15, -0.1) is 11.3 Å². The van der Waals surface area contributed by atoms with Crippen molar-refractivity contribution in [3.63, 3.8) is 0 Å². The second kappa shape index (κ2) is 17.6. The lowest BCUT2D eigenvalue weighted by Gasteiger charge is -2.51. The van der Waals surface area contributed by atoms with Crippen molar-refractivity contribution in [1.29, 1.82) is 0 Å². The molecule has 2 saturated carbocycles. The first-order chi connectivity index (χ1) is 36.0. The van der Waals surface area contributed by atoms with Crippen LogP contribution < -0.4 is 4.90 Å². The summed E-state index contributed by atoms with van der Waals surface area (Å²) >= 11 is 1.88. The largest absolute Gasteiger partial charge is 0.310 e. The van der Waals surface area contributed by atoms with E-state index in [2.05, 4.69) is 249 Å². The number of anilines is 3. The molecule has 10 aromatic carbocycles. The van der Waals surface area contributed by atoms with Gasteiger partial charge >= 0.3 is 0 Å². The minimum atomic E-state index is -0.538. The van der Waals surface area contributed by atoms with Gasteiger partial charge in [0.05, 0.1) is 5.41 Å². The van der Waals surface area contributed by atoms with Crippen LogP contribution in [0.1, 0.15) is 80.2 Å². The van der Waals surface area contributed by atoms with Gasteiger partial charge < -0.3 is 4.90 Å². The normalized spacial score (nSPS) is 19.7. The van der Waals surface area contributed by atoms with Crippen LogP contribution in [0.15, 0.2) is 231 Å². The van der Waals surface area contributed by atoms with E-state index in [0.717, 1.165) is 34.8 Å². The average Bonchev–Trinajstić information content (AvgIpc) is 3.96. The van der Waals surface area contributed by atoms with Crippen molar-refractivity contribution in [2.75, 3.05) is 4.90 Å². The quantitative estimate of drug-likeness (QED) is 0.139. The first-order valence-electron chi connectivity index (χ1n) is 26.8. The zero-order chi connectivity index (χ0) is 48.7. The Morgan fingerprint density at radius 2 is 1.04 bits per heavy atom. The molecule has 354 valence electrons. The molecule has 2 heteroatoms. The minimum Gasteiger partial charge on any atom is -0.310 e. The van der Waals surface area contributed by atoms with Crippen LogP contribution in [0.5, 0.6) is 0 Å². The summed E-state index contributed by atoms with van der Waals surface area (Å²) < 4.78 is 2.61. The van der Waals surface area contributed by atoms with Gasteiger partial charge in [0.25, 0.3) is 0 Å². The van der Waals surface area contributed by atoms with Gasteiger partial charge in [0.1, 0.15) is 0 Å². The highest BCUT2D eigenvalue weighted by atomic mass is 32.1. The third kappa shape index (κ3) is 7.16. The Balaban J connectivity index is 0.972. The SMILES string of the molecule is CCC1CC2CC(C)CC(c3ccc4c(c3)C(c3ccccc3)(c3ccccc3)c3cc(N(c5ccc(-c6cccc7cccc(-c8ccccc8)c67)cc5)c5ccc6c(c5)sc5ccccc56)ccc3-4)(C1)C2. The molecule has 14 rings (SSSR count). The van der Waals surface area contributed by atoms with Gasteiger partial charge in [-0.3, -0.25) is 0 Å². The maximum atomic E-state index is 2.71. The van der Waals surface area contributed by atoms with E-state index < -0.39 is 5.41 Å². The van der Waals surface area contributed by atoms with E-state index in [4.69, 9.17) is 0 Å². The van der Waals surface area contributed by atoms with Crippen LogP contribution in [0.25, 0.3) is 64.3 Å². The second-order valence-electron chi connectivity index (χ2n) is 21.8. The number of hydrogen-bond donors (Lipinski definition) is 0. The highest BCUT2D eigenvalue weighted by Gasteiger charge is 2.50. The van der Waals surface area contributed by atoms with Gasteiger partial charge in [-0.1, -0.05) is 208 Å². The standard InChI is InChI=1S/C71H59NS/c1-3-48-40-49-39-47(2)44-70(45-48,46-49)55-31-36-61-62-37-34-57(42-66(62)71(65(61)41-55,53-21-9-5-10-22-53)54-23-11-6-12-24-54)72(58-35-38-64-63-25-13-14-28-67(63)73-68(64)43-58)56-32-29-51(30-33-56)60-27-16-20-52-19-15-26-59(69(52)60)50-17-7-4-8-18-50/h4-38,41-43,47-49H,3,39-40,44-46H2,1-2H3. The van der Waals surface area contributed by atoms with E-state index in [1.54, 1.807) is 5.56 Å². The minimum absolute atomic E-state index is 0.207. The molecular weight excluding hydrogens is 899 g/mol. The summed E-state index contributed by atoms with van der Waals surface area (Å²) in [6.45, 7) is 4.96. The Hall–Kier alpha value is -7.52. The molecule has 3 aliphatic rings. The highest BCUT2D eigenvalue weighted by molar-refractivity contribution is 7.25. The third-order valence-corrected chi connectivity index (χ3v) is 18.7. The van der Waals surface area contributed by atoms with E-state index >= 15 is 0 Å². The van der Waals surface area contributed by atoms with E-state index in [1.807, 2.05) is 11.3 Å². The number of thiophene rings is 1. The molecule has 1 nitrogen and oxygen atoms in total. The van der Waals surface area contributed by atoms with Crippen LogP contribution in [0, 0.1) is 17.8 Å². The van der Waals surface area contributed by atoms with Crippen LogP contribution in [-0.4, -0.2) is 0 Å². The fraction of sp³-hybridized carbons (Fsp3) is 0.183. The number of benzene rings is 10. The smallest absolute Gasteiger partial charge is 0.0714 e. The van der Waals surface area contributed by atoms with Gasteiger partial charge in [-0.2, -0.15) is 0 Å². The fourth-order valence-corrected chi connectivity index (χ4v) is 15.8. The van der Waals surface area contributed by atoms with Crippen molar-refractivity contribution in [3.8, 4) is 33.4 Å². The molecule has 0 radical (unpaired) electrons. The predicted molar refractivity (Wildman–Crippen MR) is 311 cm³/mol. The Labute approximate surface area is 434 Å². The number of nitrogens with zero attached hydrogens (tertiary/aromatic N) is 1. The Morgan fingerprint density at radius 1 is 0.452 bits per heavy atom. The second-order valence-corrected chi connectivity index (χ2v) is 22.9. The number of rotatable bonds is 9. The lowest BCUT2D eigenvalue weighted by Crippen LogP contribution is -2.43. The van der Waals surface area contributed by atoms with Gasteiger partial charge in [-0.25, -0.2) is 0 Å². The molecule has 1 aromatic heterocycles. The summed E-state index contributed by atoms with van der Waals surface area (Å²) in [6.07, 6.45) is 7.95. The monoisotopic (exact) mass is 957 g/mol. The summed E-state index contributed by atoms with van der Waals surface area (Å²) in [5.74, 6) is 2.34. The Kier molecular flexibility index (Phi) is 10.7. The van der Waals surface area contributed by atoms with E-state index in [-0.39, 0.29) is 5.41 Å². The van der Waals surface area contributed by atoms with Gasteiger partial charge in [0, 0.05) is 37.2 Å². The predicted octanol–water partition coefficient (Wildman–Crippen LogP) is 19.9. The van der Waals surface area contributed by atoms with Gasteiger partial charge in [-0.05, 0) is 170 Å². The first-order valence-corrected chi connectivity index (χ1v) is 27.6. The topological polar surface area (TPSA) is 3.24 Å².